The molecule has 0 radical (unpaired) electrons. The summed E-state index contributed by atoms with van der Waals surface area (Å²) in [5, 5.41) is 23.4. The largest absolute Gasteiger partial charge is 0.490 e. The number of nitrogens with zero attached hydrogens (tertiary/aromatic N) is 1. The minimum absolute atomic E-state index is 0.0569. The van der Waals surface area contributed by atoms with E-state index in [-0.39, 0.29) is 17.1 Å². The predicted octanol–water partition coefficient (Wildman–Crippen LogP) is 0.809. The number of anilines is 1. The van der Waals surface area contributed by atoms with E-state index in [1.54, 1.807) is 0 Å². The summed E-state index contributed by atoms with van der Waals surface area (Å²) in [5.41, 5.74) is -0.158. The summed E-state index contributed by atoms with van der Waals surface area (Å²) in [6, 6.07) is 3.05. The van der Waals surface area contributed by atoms with Crippen molar-refractivity contribution < 1.29 is 24.4 Å². The van der Waals surface area contributed by atoms with Crippen LogP contribution in [0, 0.1) is 10.1 Å². The maximum absolute atomic E-state index is 11.3. The van der Waals surface area contributed by atoms with Gasteiger partial charge in [-0.2, -0.15) is 0 Å². The molecule has 3 N–H and O–H groups in total. The highest BCUT2D eigenvalue weighted by atomic mass is 16.6. The van der Waals surface area contributed by atoms with E-state index in [2.05, 4.69) is 10.6 Å². The molecule has 0 aliphatic rings. The van der Waals surface area contributed by atoms with Gasteiger partial charge in [0.1, 0.15) is 6.54 Å². The molecule has 0 saturated heterocycles. The number of rotatable bonds is 5. The van der Waals surface area contributed by atoms with Gasteiger partial charge in [0.15, 0.2) is 5.75 Å². The smallest absolute Gasteiger partial charge is 0.323 e. The van der Waals surface area contributed by atoms with Gasteiger partial charge in [-0.15, -0.1) is 0 Å². The Balaban J connectivity index is 2.79. The van der Waals surface area contributed by atoms with Crippen molar-refractivity contribution in [1.29, 1.82) is 0 Å². The summed E-state index contributed by atoms with van der Waals surface area (Å²) < 4.78 is 4.80. The first-order valence-electron chi connectivity index (χ1n) is 5.03. The lowest BCUT2D eigenvalue weighted by Crippen LogP contribution is -2.33. The lowest BCUT2D eigenvalue weighted by atomic mass is 10.2. The van der Waals surface area contributed by atoms with Gasteiger partial charge in [-0.05, 0) is 12.1 Å². The van der Waals surface area contributed by atoms with E-state index >= 15 is 0 Å². The number of ether oxygens (including phenoxy) is 1. The standard InChI is InChI=1S/C10H11N3O6/c1-19-8-3-2-6(4-7(8)13(17)18)12-10(16)11-5-9(14)15/h2-4H,5H2,1H3,(H,14,15)(H2,11,12,16). The van der Waals surface area contributed by atoms with Gasteiger partial charge in [-0.3, -0.25) is 14.9 Å². The maximum Gasteiger partial charge on any atom is 0.323 e. The molecule has 9 heteroatoms. The van der Waals surface area contributed by atoms with E-state index in [4.69, 9.17) is 9.84 Å². The number of aliphatic carboxylic acids is 1. The zero-order valence-corrected chi connectivity index (χ0v) is 9.87. The number of nitro benzene ring substituents is 1. The van der Waals surface area contributed by atoms with Crippen LogP contribution in [0.1, 0.15) is 0 Å². The fourth-order valence-electron chi connectivity index (χ4n) is 1.24. The third kappa shape index (κ3) is 4.15. The summed E-state index contributed by atoms with van der Waals surface area (Å²) in [4.78, 5) is 31.6. The highest BCUT2D eigenvalue weighted by Crippen LogP contribution is 2.29. The van der Waals surface area contributed by atoms with E-state index in [0.717, 1.165) is 6.07 Å². The number of carbonyl (C=O) groups is 2. The van der Waals surface area contributed by atoms with Crippen LogP contribution in [0.3, 0.4) is 0 Å². The molecule has 1 aromatic rings. The molecule has 0 heterocycles. The van der Waals surface area contributed by atoms with Crippen molar-refractivity contribution in [2.24, 2.45) is 0 Å². The number of nitrogens with one attached hydrogen (secondary N) is 2. The van der Waals surface area contributed by atoms with Crippen molar-refractivity contribution in [3.63, 3.8) is 0 Å². The zero-order valence-electron chi connectivity index (χ0n) is 9.87. The first-order chi connectivity index (χ1) is 8.93. The molecule has 0 atom stereocenters. The van der Waals surface area contributed by atoms with E-state index in [9.17, 15) is 19.7 Å². The minimum Gasteiger partial charge on any atom is -0.490 e. The number of hydrogen-bond donors (Lipinski definition) is 3. The third-order valence-corrected chi connectivity index (χ3v) is 2.03. The molecular formula is C10H11N3O6. The fraction of sp³-hybridized carbons (Fsp3) is 0.200. The summed E-state index contributed by atoms with van der Waals surface area (Å²) in [6.07, 6.45) is 0. The Labute approximate surface area is 107 Å². The fourth-order valence-corrected chi connectivity index (χ4v) is 1.24. The van der Waals surface area contributed by atoms with Crippen LogP contribution in [0.25, 0.3) is 0 Å². The predicted molar refractivity (Wildman–Crippen MR) is 64.3 cm³/mol. The second-order valence-electron chi connectivity index (χ2n) is 3.35. The minimum atomic E-state index is -1.20. The van der Waals surface area contributed by atoms with Crippen LogP contribution in [0.5, 0.6) is 5.75 Å². The molecule has 0 unspecified atom stereocenters. The normalized spacial score (nSPS) is 9.53. The second kappa shape index (κ2) is 6.19. The topological polar surface area (TPSA) is 131 Å². The molecule has 9 nitrogen and oxygen atoms in total. The Kier molecular flexibility index (Phi) is 4.63. The van der Waals surface area contributed by atoms with Crippen molar-refractivity contribution >= 4 is 23.4 Å². The number of urea groups is 1. The first kappa shape index (κ1) is 14.2. The van der Waals surface area contributed by atoms with Crippen LogP contribution in [0.2, 0.25) is 0 Å². The van der Waals surface area contributed by atoms with E-state index in [1.165, 1.54) is 19.2 Å². The number of hydrogen-bond acceptors (Lipinski definition) is 5. The van der Waals surface area contributed by atoms with Crippen LogP contribution in [-0.2, 0) is 4.79 Å². The monoisotopic (exact) mass is 269 g/mol. The van der Waals surface area contributed by atoms with Gasteiger partial charge >= 0.3 is 17.7 Å². The van der Waals surface area contributed by atoms with Crippen molar-refractivity contribution in [3.8, 4) is 5.75 Å². The lowest BCUT2D eigenvalue weighted by Gasteiger charge is -2.07. The molecule has 0 saturated carbocycles. The van der Waals surface area contributed by atoms with Gasteiger partial charge in [-0.25, -0.2) is 4.79 Å². The van der Waals surface area contributed by atoms with Crippen molar-refractivity contribution in [1.82, 2.24) is 5.32 Å². The van der Waals surface area contributed by atoms with Crippen LogP contribution < -0.4 is 15.4 Å². The number of methoxy groups -OCH3 is 1. The van der Waals surface area contributed by atoms with Crippen LogP contribution >= 0.6 is 0 Å². The highest BCUT2D eigenvalue weighted by Gasteiger charge is 2.16. The Hall–Kier alpha value is -2.84. The van der Waals surface area contributed by atoms with Crippen LogP contribution in [-0.4, -0.2) is 35.7 Å². The average molecular weight is 269 g/mol. The molecule has 0 bridgehead atoms. The number of carboxylic acid groups (broad SMARTS) is 1. The van der Waals surface area contributed by atoms with E-state index in [0.29, 0.717) is 0 Å². The molecule has 102 valence electrons. The molecule has 0 aliphatic carbocycles. The highest BCUT2D eigenvalue weighted by molar-refractivity contribution is 5.91. The second-order valence-corrected chi connectivity index (χ2v) is 3.35. The molecular weight excluding hydrogens is 258 g/mol. The summed E-state index contributed by atoms with van der Waals surface area (Å²) >= 11 is 0. The third-order valence-electron chi connectivity index (χ3n) is 2.03. The Morgan fingerprint density at radius 2 is 2.16 bits per heavy atom. The Morgan fingerprint density at radius 3 is 2.68 bits per heavy atom. The maximum atomic E-state index is 11.3. The quantitative estimate of drug-likeness (QED) is 0.535. The molecule has 1 aromatic carbocycles. The SMILES string of the molecule is COc1ccc(NC(=O)NCC(=O)O)cc1[N+](=O)[O-]. The molecule has 0 fully saturated rings. The van der Waals surface area contributed by atoms with Gasteiger partial charge in [0, 0.05) is 11.8 Å². The van der Waals surface area contributed by atoms with Gasteiger partial charge in [0.2, 0.25) is 0 Å². The van der Waals surface area contributed by atoms with Gasteiger partial charge in [0.25, 0.3) is 0 Å². The van der Waals surface area contributed by atoms with E-state index < -0.39 is 23.5 Å². The lowest BCUT2D eigenvalue weighted by molar-refractivity contribution is -0.385. The number of benzene rings is 1. The average Bonchev–Trinajstić information content (AvgIpc) is 2.36. The van der Waals surface area contributed by atoms with Gasteiger partial charge in [0.05, 0.1) is 12.0 Å². The Morgan fingerprint density at radius 1 is 1.47 bits per heavy atom. The summed E-state index contributed by atoms with van der Waals surface area (Å²) in [6.45, 7) is -0.552. The molecule has 19 heavy (non-hydrogen) atoms. The van der Waals surface area contributed by atoms with Gasteiger partial charge in [-0.1, -0.05) is 0 Å². The van der Waals surface area contributed by atoms with Crippen molar-refractivity contribution in [2.45, 2.75) is 0 Å². The first-order valence-corrected chi connectivity index (χ1v) is 5.03. The number of amides is 2. The van der Waals surface area contributed by atoms with Crippen LogP contribution in [0.4, 0.5) is 16.2 Å². The molecule has 1 rings (SSSR count). The van der Waals surface area contributed by atoms with Crippen molar-refractivity contribution in [2.75, 3.05) is 19.0 Å². The summed E-state index contributed by atoms with van der Waals surface area (Å²) in [5.74, 6) is -1.14. The number of carboxylic acids is 1. The van der Waals surface area contributed by atoms with Crippen LogP contribution in [0.15, 0.2) is 18.2 Å². The number of nitro groups is 1. The molecule has 0 aromatic heterocycles. The van der Waals surface area contributed by atoms with Crippen molar-refractivity contribution in [3.05, 3.63) is 28.3 Å². The molecule has 0 aliphatic heterocycles. The molecule has 0 spiro atoms. The van der Waals surface area contributed by atoms with Gasteiger partial charge < -0.3 is 20.5 Å². The number of carbonyl (C=O) groups excluding carboxylic acids is 1. The van der Waals surface area contributed by atoms with E-state index in [1.807, 2.05) is 0 Å². The zero-order chi connectivity index (χ0) is 14.4. The summed E-state index contributed by atoms with van der Waals surface area (Å²) in [7, 11) is 1.29. The molecule has 2 amide bonds. The Bertz CT molecular complexity index is 516.